The number of rotatable bonds is 4. The Balaban J connectivity index is 2.22. The highest BCUT2D eigenvalue weighted by atomic mass is 19.1. The summed E-state index contributed by atoms with van der Waals surface area (Å²) in [7, 11) is 3.35. The summed E-state index contributed by atoms with van der Waals surface area (Å²) in [5, 5.41) is 2.75. The number of hydrogen-bond donors (Lipinski definition) is 1. The number of nitrogens with one attached hydrogen (secondary N) is 1. The first-order valence-corrected chi connectivity index (χ1v) is 5.76. The molecule has 1 aromatic carbocycles. The van der Waals surface area contributed by atoms with Crippen LogP contribution in [0.15, 0.2) is 30.5 Å². The van der Waals surface area contributed by atoms with Crippen LogP contribution in [0.1, 0.15) is 5.56 Å². The van der Waals surface area contributed by atoms with Crippen LogP contribution in [-0.2, 0) is 6.54 Å². The van der Waals surface area contributed by atoms with Crippen LogP contribution in [0.5, 0.6) is 0 Å². The van der Waals surface area contributed by atoms with Crippen molar-refractivity contribution in [1.29, 1.82) is 0 Å². The molecule has 1 aromatic heterocycles. The number of anilines is 2. The van der Waals surface area contributed by atoms with E-state index in [1.165, 1.54) is 12.1 Å². The van der Waals surface area contributed by atoms with Crippen molar-refractivity contribution >= 4 is 11.8 Å². The molecule has 0 atom stereocenters. The molecule has 1 heterocycles. The van der Waals surface area contributed by atoms with Crippen molar-refractivity contribution < 1.29 is 8.78 Å². The minimum atomic E-state index is -0.516. The van der Waals surface area contributed by atoms with E-state index in [1.54, 1.807) is 31.1 Å². The average Bonchev–Trinajstić information content (AvgIpc) is 2.39. The Kier molecular flexibility index (Phi) is 3.89. The van der Waals surface area contributed by atoms with E-state index in [4.69, 9.17) is 0 Å². The van der Waals surface area contributed by atoms with Gasteiger partial charge in [-0.05, 0) is 17.7 Å². The van der Waals surface area contributed by atoms with Gasteiger partial charge in [0.2, 0.25) is 5.95 Å². The highest BCUT2D eigenvalue weighted by Crippen LogP contribution is 2.18. The molecule has 0 unspecified atom stereocenters. The maximum atomic E-state index is 13.7. The Hall–Kier alpha value is -2.24. The van der Waals surface area contributed by atoms with Crippen LogP contribution in [0.25, 0.3) is 0 Å². The summed E-state index contributed by atoms with van der Waals surface area (Å²) in [5.41, 5.74) is 0.742. The fourth-order valence-corrected chi connectivity index (χ4v) is 1.73. The molecule has 0 bridgehead atoms. The number of nitrogens with zero attached hydrogens (tertiary/aromatic N) is 3. The van der Waals surface area contributed by atoms with E-state index in [1.807, 2.05) is 0 Å². The molecule has 0 saturated heterocycles. The van der Waals surface area contributed by atoms with Gasteiger partial charge in [0.15, 0.2) is 11.6 Å². The molecule has 1 N–H and O–H groups in total. The van der Waals surface area contributed by atoms with E-state index in [-0.39, 0.29) is 11.6 Å². The fraction of sp³-hybridized carbons (Fsp3) is 0.231. The largest absolute Gasteiger partial charge is 0.357 e. The topological polar surface area (TPSA) is 41.1 Å². The van der Waals surface area contributed by atoms with Crippen LogP contribution in [-0.4, -0.2) is 24.1 Å². The normalized spacial score (nSPS) is 10.3. The van der Waals surface area contributed by atoms with Gasteiger partial charge in [0.25, 0.3) is 0 Å². The Morgan fingerprint density at radius 3 is 2.79 bits per heavy atom. The van der Waals surface area contributed by atoms with Gasteiger partial charge in [-0.1, -0.05) is 12.1 Å². The van der Waals surface area contributed by atoms with E-state index in [2.05, 4.69) is 15.3 Å². The molecule has 2 rings (SSSR count). The predicted molar refractivity (Wildman–Crippen MR) is 70.0 cm³/mol. The number of aromatic nitrogens is 2. The molecule has 0 spiro atoms. The molecule has 0 amide bonds. The second-order valence-electron chi connectivity index (χ2n) is 4.10. The van der Waals surface area contributed by atoms with Crippen LogP contribution < -0.4 is 10.2 Å². The molecule has 100 valence electrons. The lowest BCUT2D eigenvalue weighted by Crippen LogP contribution is -2.20. The lowest BCUT2D eigenvalue weighted by molar-refractivity contribution is 0.606. The van der Waals surface area contributed by atoms with Crippen molar-refractivity contribution in [2.24, 2.45) is 0 Å². The maximum Gasteiger partial charge on any atom is 0.224 e. The van der Waals surface area contributed by atoms with Gasteiger partial charge in [-0.25, -0.2) is 13.8 Å². The van der Waals surface area contributed by atoms with Gasteiger partial charge in [-0.15, -0.1) is 0 Å². The van der Waals surface area contributed by atoms with Crippen molar-refractivity contribution in [1.82, 2.24) is 9.97 Å². The zero-order valence-electron chi connectivity index (χ0n) is 10.7. The van der Waals surface area contributed by atoms with Gasteiger partial charge in [-0.2, -0.15) is 4.98 Å². The lowest BCUT2D eigenvalue weighted by atomic mass is 10.2. The molecule has 19 heavy (non-hydrogen) atoms. The number of hydrogen-bond acceptors (Lipinski definition) is 4. The molecule has 6 heteroatoms. The first-order chi connectivity index (χ1) is 9.10. The fourth-order valence-electron chi connectivity index (χ4n) is 1.73. The predicted octanol–water partition coefficient (Wildman–Crippen LogP) is 2.43. The van der Waals surface area contributed by atoms with E-state index < -0.39 is 5.82 Å². The maximum absolute atomic E-state index is 13.7. The van der Waals surface area contributed by atoms with Crippen LogP contribution in [0.2, 0.25) is 0 Å². The lowest BCUT2D eigenvalue weighted by Gasteiger charge is -2.19. The molecule has 4 nitrogen and oxygen atoms in total. The standard InChI is InChI=1S/C13H14F2N4/c1-16-13-17-7-11(15)12(18-13)19(2)8-9-4-3-5-10(14)6-9/h3-7H,8H2,1-2H3,(H,16,17,18). The molecule has 0 saturated carbocycles. The molecule has 0 radical (unpaired) electrons. The van der Waals surface area contributed by atoms with Crippen LogP contribution in [0, 0.1) is 11.6 Å². The third kappa shape index (κ3) is 3.15. The summed E-state index contributed by atoms with van der Waals surface area (Å²) < 4.78 is 26.8. The Morgan fingerprint density at radius 2 is 2.11 bits per heavy atom. The minimum absolute atomic E-state index is 0.170. The van der Waals surface area contributed by atoms with Gasteiger partial charge in [0.1, 0.15) is 5.82 Å². The van der Waals surface area contributed by atoms with E-state index in [0.717, 1.165) is 11.8 Å². The van der Waals surface area contributed by atoms with Crippen molar-refractivity contribution in [2.75, 3.05) is 24.3 Å². The smallest absolute Gasteiger partial charge is 0.224 e. The zero-order chi connectivity index (χ0) is 13.8. The van der Waals surface area contributed by atoms with Crippen molar-refractivity contribution in [2.45, 2.75) is 6.54 Å². The van der Waals surface area contributed by atoms with Gasteiger partial charge in [-0.3, -0.25) is 0 Å². The first-order valence-electron chi connectivity index (χ1n) is 5.76. The third-order valence-electron chi connectivity index (χ3n) is 2.62. The van der Waals surface area contributed by atoms with E-state index in [9.17, 15) is 8.78 Å². The monoisotopic (exact) mass is 264 g/mol. The second kappa shape index (κ2) is 5.60. The van der Waals surface area contributed by atoms with Crippen LogP contribution in [0.4, 0.5) is 20.5 Å². The quantitative estimate of drug-likeness (QED) is 0.920. The first kappa shape index (κ1) is 13.2. The Bertz CT molecular complexity index is 574. The molecule has 0 aliphatic carbocycles. The Labute approximate surface area is 110 Å². The van der Waals surface area contributed by atoms with E-state index >= 15 is 0 Å². The summed E-state index contributed by atoms with van der Waals surface area (Å²) in [6.07, 6.45) is 1.11. The molecular formula is C13H14F2N4. The van der Waals surface area contributed by atoms with Crippen LogP contribution >= 0.6 is 0 Å². The Morgan fingerprint density at radius 1 is 1.32 bits per heavy atom. The van der Waals surface area contributed by atoms with Crippen molar-refractivity contribution in [3.8, 4) is 0 Å². The second-order valence-corrected chi connectivity index (χ2v) is 4.10. The summed E-state index contributed by atoms with van der Waals surface area (Å²) in [6.45, 7) is 0.356. The summed E-state index contributed by atoms with van der Waals surface area (Å²) in [5.74, 6) is -0.325. The van der Waals surface area contributed by atoms with E-state index in [0.29, 0.717) is 12.5 Å². The third-order valence-corrected chi connectivity index (χ3v) is 2.62. The summed E-state index contributed by atoms with van der Waals surface area (Å²) >= 11 is 0. The number of benzene rings is 1. The zero-order valence-corrected chi connectivity index (χ0v) is 10.7. The van der Waals surface area contributed by atoms with Crippen LogP contribution in [0.3, 0.4) is 0 Å². The average molecular weight is 264 g/mol. The highest BCUT2D eigenvalue weighted by Gasteiger charge is 2.11. The van der Waals surface area contributed by atoms with Gasteiger partial charge >= 0.3 is 0 Å². The van der Waals surface area contributed by atoms with Crippen molar-refractivity contribution in [3.63, 3.8) is 0 Å². The van der Waals surface area contributed by atoms with Gasteiger partial charge in [0.05, 0.1) is 6.20 Å². The van der Waals surface area contributed by atoms with Gasteiger partial charge < -0.3 is 10.2 Å². The molecule has 0 aliphatic heterocycles. The van der Waals surface area contributed by atoms with Crippen molar-refractivity contribution in [3.05, 3.63) is 47.7 Å². The molecule has 2 aromatic rings. The highest BCUT2D eigenvalue weighted by molar-refractivity contribution is 5.43. The molecule has 0 fully saturated rings. The minimum Gasteiger partial charge on any atom is -0.357 e. The summed E-state index contributed by atoms with van der Waals surface area (Å²) in [4.78, 5) is 9.43. The van der Waals surface area contributed by atoms with Gasteiger partial charge in [0, 0.05) is 20.6 Å². The molecule has 0 aliphatic rings. The molecular weight excluding hydrogens is 250 g/mol. The SMILES string of the molecule is CNc1ncc(F)c(N(C)Cc2cccc(F)c2)n1. The summed E-state index contributed by atoms with van der Waals surface area (Å²) in [6, 6.07) is 6.17. The number of halogens is 2.